The van der Waals surface area contributed by atoms with Crippen molar-refractivity contribution >= 4 is 11.9 Å². The highest BCUT2D eigenvalue weighted by molar-refractivity contribution is 5.94. The van der Waals surface area contributed by atoms with Crippen LogP contribution < -0.4 is 9.47 Å². The van der Waals surface area contributed by atoms with Gasteiger partial charge in [-0.3, -0.25) is 9.59 Å². The van der Waals surface area contributed by atoms with Crippen LogP contribution >= 0.6 is 0 Å². The zero-order valence-electron chi connectivity index (χ0n) is 14.0. The predicted molar refractivity (Wildman–Crippen MR) is 82.5 cm³/mol. The average molecular weight is 322 g/mol. The Hall–Kier alpha value is -2.24. The number of hydrogen-bond donors (Lipinski definition) is 1. The highest BCUT2D eigenvalue weighted by atomic mass is 16.7. The van der Waals surface area contributed by atoms with E-state index < -0.39 is 29.2 Å². The molecule has 1 N–H and O–H groups in total. The number of carboxylic acid groups (broad SMARTS) is 1. The van der Waals surface area contributed by atoms with Crippen LogP contribution in [0.4, 0.5) is 0 Å². The van der Waals surface area contributed by atoms with Gasteiger partial charge in [0, 0.05) is 13.8 Å². The lowest BCUT2D eigenvalue weighted by molar-refractivity contribution is -0.166. The van der Waals surface area contributed by atoms with Crippen molar-refractivity contribution in [3.05, 3.63) is 23.8 Å². The second-order valence-electron chi connectivity index (χ2n) is 7.01. The largest absolute Gasteiger partial charge is 0.481 e. The zero-order valence-corrected chi connectivity index (χ0v) is 14.0. The van der Waals surface area contributed by atoms with Crippen LogP contribution in [-0.4, -0.2) is 28.4 Å². The van der Waals surface area contributed by atoms with Gasteiger partial charge < -0.3 is 19.3 Å². The molecular weight excluding hydrogens is 300 g/mol. The molecule has 0 fully saturated rings. The van der Waals surface area contributed by atoms with Gasteiger partial charge in [0.15, 0.2) is 17.4 Å². The number of ether oxygens (including phenoxy) is 3. The second kappa shape index (κ2) is 5.76. The summed E-state index contributed by atoms with van der Waals surface area (Å²) in [5.74, 6) is -2.83. The normalized spacial score (nSPS) is 16.7. The Balaban J connectivity index is 2.16. The molecule has 0 saturated heterocycles. The van der Waals surface area contributed by atoms with Gasteiger partial charge in [0.05, 0.1) is 0 Å². The summed E-state index contributed by atoms with van der Waals surface area (Å²) in [4.78, 5) is 23.5. The lowest BCUT2D eigenvalue weighted by Crippen LogP contribution is -2.34. The van der Waals surface area contributed by atoms with Gasteiger partial charge in [0.1, 0.15) is 5.60 Å². The van der Waals surface area contributed by atoms with Gasteiger partial charge in [0.2, 0.25) is 5.79 Å². The van der Waals surface area contributed by atoms with Crippen LogP contribution in [-0.2, 0) is 20.7 Å². The fourth-order valence-corrected chi connectivity index (χ4v) is 2.27. The summed E-state index contributed by atoms with van der Waals surface area (Å²) in [7, 11) is 0. The van der Waals surface area contributed by atoms with Crippen LogP contribution in [0.25, 0.3) is 0 Å². The Morgan fingerprint density at radius 3 is 2.39 bits per heavy atom. The van der Waals surface area contributed by atoms with Gasteiger partial charge in [-0.1, -0.05) is 6.07 Å². The molecule has 6 heteroatoms. The van der Waals surface area contributed by atoms with E-state index in [-0.39, 0.29) is 6.42 Å². The Labute approximate surface area is 135 Å². The van der Waals surface area contributed by atoms with E-state index in [1.165, 1.54) is 0 Å². The minimum absolute atomic E-state index is 0.0291. The number of fused-ring (bicyclic) bond motifs is 1. The van der Waals surface area contributed by atoms with Crippen molar-refractivity contribution in [2.24, 2.45) is 5.92 Å². The molecule has 0 aromatic heterocycles. The van der Waals surface area contributed by atoms with E-state index in [1.54, 1.807) is 52.8 Å². The van der Waals surface area contributed by atoms with Crippen molar-refractivity contribution < 1.29 is 28.9 Å². The van der Waals surface area contributed by atoms with E-state index in [4.69, 9.17) is 14.2 Å². The average Bonchev–Trinajstić information content (AvgIpc) is 2.66. The van der Waals surface area contributed by atoms with Gasteiger partial charge in [-0.05, 0) is 44.9 Å². The maximum atomic E-state index is 12.1. The van der Waals surface area contributed by atoms with Gasteiger partial charge in [-0.15, -0.1) is 0 Å². The third kappa shape index (κ3) is 4.37. The van der Waals surface area contributed by atoms with Crippen molar-refractivity contribution in [3.63, 3.8) is 0 Å². The minimum atomic E-state index is -1.26. The number of carbonyl (C=O) groups excluding carboxylic acids is 1. The first-order chi connectivity index (χ1) is 10.5. The van der Waals surface area contributed by atoms with E-state index in [1.807, 2.05) is 0 Å². The molecule has 6 nitrogen and oxygen atoms in total. The number of hydrogen-bond acceptors (Lipinski definition) is 5. The number of rotatable bonds is 4. The SMILES string of the molecule is CC(C)(C)OC(=O)[C@@H](Cc1ccc2c(c1)OC(C)(C)O2)C(=O)O. The summed E-state index contributed by atoms with van der Waals surface area (Å²) in [5, 5.41) is 9.32. The molecule has 0 saturated carbocycles. The van der Waals surface area contributed by atoms with Crippen molar-refractivity contribution in [3.8, 4) is 11.5 Å². The van der Waals surface area contributed by atoms with Crippen LogP contribution in [0.15, 0.2) is 18.2 Å². The van der Waals surface area contributed by atoms with Gasteiger partial charge in [-0.25, -0.2) is 0 Å². The molecule has 0 amide bonds. The molecule has 1 aromatic rings. The number of carboxylic acids is 1. The molecule has 126 valence electrons. The molecule has 0 bridgehead atoms. The third-order valence-electron chi connectivity index (χ3n) is 3.15. The van der Waals surface area contributed by atoms with E-state index in [0.717, 1.165) is 0 Å². The molecule has 1 aliphatic heterocycles. The first kappa shape index (κ1) is 17.1. The first-order valence-electron chi connectivity index (χ1n) is 7.43. The summed E-state index contributed by atoms with van der Waals surface area (Å²) >= 11 is 0. The maximum absolute atomic E-state index is 12.1. The Bertz CT molecular complexity index is 626. The summed E-state index contributed by atoms with van der Waals surface area (Å²) in [6, 6.07) is 5.14. The minimum Gasteiger partial charge on any atom is -0.481 e. The number of aliphatic carboxylic acids is 1. The van der Waals surface area contributed by atoms with E-state index in [2.05, 4.69) is 0 Å². The van der Waals surface area contributed by atoms with Crippen LogP contribution in [0.1, 0.15) is 40.2 Å². The lowest BCUT2D eigenvalue weighted by Gasteiger charge is -2.22. The topological polar surface area (TPSA) is 82.1 Å². The Morgan fingerprint density at radius 1 is 1.22 bits per heavy atom. The highest BCUT2D eigenvalue weighted by Crippen LogP contribution is 2.39. The molecule has 1 aromatic carbocycles. The highest BCUT2D eigenvalue weighted by Gasteiger charge is 2.34. The van der Waals surface area contributed by atoms with E-state index >= 15 is 0 Å². The van der Waals surface area contributed by atoms with Crippen LogP contribution in [0.3, 0.4) is 0 Å². The van der Waals surface area contributed by atoms with Crippen LogP contribution in [0.2, 0.25) is 0 Å². The molecule has 0 spiro atoms. The fraction of sp³-hybridized carbons (Fsp3) is 0.529. The molecule has 1 atom stereocenters. The monoisotopic (exact) mass is 322 g/mol. The predicted octanol–water partition coefficient (Wildman–Crippen LogP) is 2.78. The molecule has 23 heavy (non-hydrogen) atoms. The molecular formula is C17H22O6. The smallest absolute Gasteiger partial charge is 0.321 e. The zero-order chi connectivity index (χ0) is 17.4. The molecule has 2 rings (SSSR count). The maximum Gasteiger partial charge on any atom is 0.321 e. The van der Waals surface area contributed by atoms with Crippen molar-refractivity contribution in [1.29, 1.82) is 0 Å². The number of esters is 1. The molecule has 0 unspecified atom stereocenters. The van der Waals surface area contributed by atoms with Crippen molar-refractivity contribution in [2.45, 2.75) is 52.4 Å². The van der Waals surface area contributed by atoms with Gasteiger partial charge in [-0.2, -0.15) is 0 Å². The van der Waals surface area contributed by atoms with Crippen molar-refractivity contribution in [1.82, 2.24) is 0 Å². The quantitative estimate of drug-likeness (QED) is 0.678. The molecule has 1 heterocycles. The molecule has 1 aliphatic rings. The Morgan fingerprint density at radius 2 is 1.83 bits per heavy atom. The van der Waals surface area contributed by atoms with Crippen LogP contribution in [0, 0.1) is 5.92 Å². The number of carbonyl (C=O) groups is 2. The van der Waals surface area contributed by atoms with Crippen molar-refractivity contribution in [2.75, 3.05) is 0 Å². The van der Waals surface area contributed by atoms with Crippen LogP contribution in [0.5, 0.6) is 11.5 Å². The third-order valence-corrected chi connectivity index (χ3v) is 3.15. The summed E-state index contributed by atoms with van der Waals surface area (Å²) in [6.07, 6.45) is 0.0291. The van der Waals surface area contributed by atoms with E-state index in [9.17, 15) is 14.7 Å². The van der Waals surface area contributed by atoms with Gasteiger partial charge in [0.25, 0.3) is 0 Å². The molecule has 0 aliphatic carbocycles. The molecule has 0 radical (unpaired) electrons. The fourth-order valence-electron chi connectivity index (χ4n) is 2.27. The van der Waals surface area contributed by atoms with Gasteiger partial charge >= 0.3 is 11.9 Å². The summed E-state index contributed by atoms with van der Waals surface area (Å²) in [6.45, 7) is 8.67. The second-order valence-corrected chi connectivity index (χ2v) is 7.01. The lowest BCUT2D eigenvalue weighted by atomic mass is 9.99. The Kier molecular flexibility index (Phi) is 4.28. The van der Waals surface area contributed by atoms with E-state index in [0.29, 0.717) is 17.1 Å². The number of benzene rings is 1. The summed E-state index contributed by atoms with van der Waals surface area (Å²) < 4.78 is 16.4. The standard InChI is InChI=1S/C17H22O6/c1-16(2,3)23-15(20)11(14(18)19)8-10-6-7-12-13(9-10)22-17(4,5)21-12/h6-7,9,11H,8H2,1-5H3,(H,18,19)/t11-/m0/s1. The summed E-state index contributed by atoms with van der Waals surface area (Å²) in [5.41, 5.74) is -0.0627. The first-order valence-corrected chi connectivity index (χ1v) is 7.43.